The highest BCUT2D eigenvalue weighted by Crippen LogP contribution is 2.35. The largest absolute Gasteiger partial charge is 0.387 e. The zero-order chi connectivity index (χ0) is 27.5. The molecule has 1 atom stereocenters. The van der Waals surface area contributed by atoms with Gasteiger partial charge in [0, 0.05) is 31.3 Å². The van der Waals surface area contributed by atoms with Crippen molar-refractivity contribution in [2.24, 2.45) is 0 Å². The van der Waals surface area contributed by atoms with Gasteiger partial charge in [0.05, 0.1) is 21.8 Å². The molecule has 38 heavy (non-hydrogen) atoms. The normalized spacial score (nSPS) is 12.4. The summed E-state index contributed by atoms with van der Waals surface area (Å²) in [5.74, 6) is -0.251. The molecule has 1 aromatic heterocycles. The van der Waals surface area contributed by atoms with Crippen LogP contribution in [0.15, 0.2) is 64.0 Å². The van der Waals surface area contributed by atoms with Crippen LogP contribution < -0.4 is 4.18 Å². The minimum absolute atomic E-state index is 0.0360. The first-order chi connectivity index (χ1) is 18.2. The highest BCUT2D eigenvalue weighted by molar-refractivity contribution is 9.10. The van der Waals surface area contributed by atoms with Gasteiger partial charge in [-0.15, -0.1) is 5.06 Å². The molecule has 0 bridgehead atoms. The summed E-state index contributed by atoms with van der Waals surface area (Å²) < 4.78 is 31.0. The van der Waals surface area contributed by atoms with Crippen molar-refractivity contribution in [2.45, 2.75) is 56.4 Å². The topological polar surface area (TPSA) is 123 Å². The van der Waals surface area contributed by atoms with E-state index in [1.807, 2.05) is 6.92 Å². The number of hydrogen-bond acceptors (Lipinski definition) is 9. The summed E-state index contributed by atoms with van der Waals surface area (Å²) in [5, 5.41) is 13.0. The molecular weight excluding hydrogens is 576 g/mol. The lowest BCUT2D eigenvalue weighted by Crippen LogP contribution is -2.28. The molecule has 3 rings (SSSR count). The summed E-state index contributed by atoms with van der Waals surface area (Å²) in [4.78, 5) is 32.3. The van der Waals surface area contributed by atoms with Crippen molar-refractivity contribution >= 4 is 49.2 Å². The van der Waals surface area contributed by atoms with Gasteiger partial charge >= 0.3 is 16.1 Å². The molecule has 0 saturated carbocycles. The summed E-state index contributed by atoms with van der Waals surface area (Å²) in [6, 6.07) is 14.6. The van der Waals surface area contributed by atoms with Crippen molar-refractivity contribution in [3.63, 3.8) is 0 Å². The molecule has 0 aliphatic rings. The second-order valence-electron chi connectivity index (χ2n) is 8.59. The van der Waals surface area contributed by atoms with Crippen LogP contribution in [-0.2, 0) is 24.5 Å². The first-order valence-corrected chi connectivity index (χ1v) is 14.6. The van der Waals surface area contributed by atoms with Crippen LogP contribution in [0.3, 0.4) is 0 Å². The molecule has 0 saturated heterocycles. The number of aldehydes is 1. The molecule has 9 nitrogen and oxygen atoms in total. The van der Waals surface area contributed by atoms with Crippen LogP contribution >= 0.6 is 15.9 Å². The standard InChI is InChI=1S/C27H31BrN2O7S/c1-2-30(36-25(33)13-7-4-8-19-31)18-9-12-23(32)22-16-14-20-15-17-24(26(28)27(20)29-22)37-38(34,35)21-10-5-3-6-11-21/h3,5-6,10-11,14-17,19,23,32H,2,4,7-9,12-13,18H2,1H3. The Morgan fingerprint density at radius 3 is 2.55 bits per heavy atom. The Labute approximate surface area is 231 Å². The Balaban J connectivity index is 1.62. The number of aliphatic hydroxyl groups excluding tert-OH is 1. The van der Waals surface area contributed by atoms with Crippen molar-refractivity contribution in [3.8, 4) is 5.75 Å². The van der Waals surface area contributed by atoms with Crippen molar-refractivity contribution < 1.29 is 32.1 Å². The number of halogens is 1. The fourth-order valence-electron chi connectivity index (χ4n) is 3.72. The number of fused-ring (bicyclic) bond motifs is 1. The Bertz CT molecular complexity index is 1340. The van der Waals surface area contributed by atoms with Crippen LogP contribution in [0.25, 0.3) is 10.9 Å². The number of nitrogens with zero attached hydrogens (tertiary/aromatic N) is 2. The molecule has 0 aliphatic heterocycles. The van der Waals surface area contributed by atoms with Gasteiger partial charge in [-0.1, -0.05) is 24.3 Å². The number of hydrogen-bond donors (Lipinski definition) is 1. The van der Waals surface area contributed by atoms with Crippen molar-refractivity contribution in [2.75, 3.05) is 13.1 Å². The maximum Gasteiger partial charge on any atom is 0.339 e. The highest BCUT2D eigenvalue weighted by Gasteiger charge is 2.20. The number of benzene rings is 2. The van der Waals surface area contributed by atoms with E-state index in [0.717, 1.165) is 11.7 Å². The zero-order valence-corrected chi connectivity index (χ0v) is 23.5. The van der Waals surface area contributed by atoms with Gasteiger partial charge in [0.25, 0.3) is 0 Å². The van der Waals surface area contributed by atoms with E-state index >= 15 is 0 Å². The van der Waals surface area contributed by atoms with E-state index in [9.17, 15) is 23.1 Å². The van der Waals surface area contributed by atoms with Crippen LogP contribution in [0.5, 0.6) is 5.75 Å². The lowest BCUT2D eigenvalue weighted by molar-refractivity contribution is -0.190. The molecule has 11 heteroatoms. The van der Waals surface area contributed by atoms with Gasteiger partial charge in [-0.2, -0.15) is 8.42 Å². The average Bonchev–Trinajstić information content (AvgIpc) is 2.92. The summed E-state index contributed by atoms with van der Waals surface area (Å²) >= 11 is 3.41. The molecule has 1 heterocycles. The number of pyridine rings is 1. The molecule has 3 aromatic rings. The van der Waals surface area contributed by atoms with E-state index in [-0.39, 0.29) is 23.0 Å². The highest BCUT2D eigenvalue weighted by atomic mass is 79.9. The summed E-state index contributed by atoms with van der Waals surface area (Å²) in [6.07, 6.45) is 2.83. The summed E-state index contributed by atoms with van der Waals surface area (Å²) in [6.45, 7) is 2.82. The lowest BCUT2D eigenvalue weighted by atomic mass is 10.1. The molecule has 0 amide bonds. The fourth-order valence-corrected chi connectivity index (χ4v) is 5.32. The van der Waals surface area contributed by atoms with Gasteiger partial charge in [-0.3, -0.25) is 4.79 Å². The van der Waals surface area contributed by atoms with Crippen LogP contribution in [0.1, 0.15) is 57.2 Å². The lowest BCUT2D eigenvalue weighted by Gasteiger charge is -2.20. The molecule has 0 aliphatic carbocycles. The van der Waals surface area contributed by atoms with Crippen molar-refractivity contribution in [1.82, 2.24) is 10.0 Å². The zero-order valence-electron chi connectivity index (χ0n) is 21.1. The molecule has 204 valence electrons. The molecule has 1 unspecified atom stereocenters. The van der Waals surface area contributed by atoms with E-state index in [1.54, 1.807) is 47.5 Å². The van der Waals surface area contributed by atoms with E-state index in [2.05, 4.69) is 20.9 Å². The SMILES string of the molecule is CCN(CCCC(O)c1ccc2ccc(OS(=O)(=O)c3ccccc3)c(Br)c2n1)OC(=O)CCCCC=O. The van der Waals surface area contributed by atoms with Gasteiger partial charge in [-0.25, -0.2) is 4.98 Å². The maximum absolute atomic E-state index is 12.7. The minimum Gasteiger partial charge on any atom is -0.387 e. The van der Waals surface area contributed by atoms with Gasteiger partial charge < -0.3 is 18.9 Å². The second-order valence-corrected chi connectivity index (χ2v) is 10.9. The number of carbonyl (C=O) groups excluding carboxylic acids is 2. The molecule has 0 fully saturated rings. The smallest absolute Gasteiger partial charge is 0.339 e. The second kappa shape index (κ2) is 14.3. The number of aromatic nitrogens is 1. The van der Waals surface area contributed by atoms with Gasteiger partial charge in [-0.05, 0) is 78.9 Å². The molecule has 2 aromatic carbocycles. The number of unbranched alkanes of at least 4 members (excludes halogenated alkanes) is 2. The molecule has 0 radical (unpaired) electrons. The maximum atomic E-state index is 12.7. The number of hydroxylamine groups is 2. The predicted octanol–water partition coefficient (Wildman–Crippen LogP) is 5.12. The fraction of sp³-hybridized carbons (Fsp3) is 0.370. The summed E-state index contributed by atoms with van der Waals surface area (Å²) in [7, 11) is -4.03. The third-order valence-corrected chi connectivity index (χ3v) is 7.80. The van der Waals surface area contributed by atoms with Crippen molar-refractivity contribution in [1.29, 1.82) is 0 Å². The Morgan fingerprint density at radius 2 is 1.84 bits per heavy atom. The van der Waals surface area contributed by atoms with E-state index < -0.39 is 16.2 Å². The van der Waals surface area contributed by atoms with Crippen molar-refractivity contribution in [3.05, 3.63) is 64.8 Å². The molecular formula is C27H31BrN2O7S. The molecule has 1 N–H and O–H groups in total. The average molecular weight is 608 g/mol. The van der Waals surface area contributed by atoms with E-state index in [1.165, 1.54) is 12.1 Å². The number of rotatable bonds is 15. The summed E-state index contributed by atoms with van der Waals surface area (Å²) in [5.41, 5.74) is 0.887. The van der Waals surface area contributed by atoms with E-state index in [0.29, 0.717) is 60.9 Å². The monoisotopic (exact) mass is 606 g/mol. The van der Waals surface area contributed by atoms with Gasteiger partial charge in [0.2, 0.25) is 0 Å². The first-order valence-electron chi connectivity index (χ1n) is 12.4. The first kappa shape index (κ1) is 29.7. The van der Waals surface area contributed by atoms with Crippen LogP contribution in [-0.4, -0.2) is 48.9 Å². The predicted molar refractivity (Wildman–Crippen MR) is 146 cm³/mol. The van der Waals surface area contributed by atoms with Gasteiger partial charge in [0.1, 0.15) is 11.2 Å². The minimum atomic E-state index is -4.03. The Kier molecular flexibility index (Phi) is 11.2. The molecule has 0 spiro atoms. The van der Waals surface area contributed by atoms with Crippen LogP contribution in [0, 0.1) is 0 Å². The third-order valence-electron chi connectivity index (χ3n) is 5.78. The van der Waals surface area contributed by atoms with E-state index in [4.69, 9.17) is 9.02 Å². The Hall–Kier alpha value is -2.86. The van der Waals surface area contributed by atoms with Crippen LogP contribution in [0.4, 0.5) is 0 Å². The number of aliphatic hydroxyl groups is 1. The van der Waals surface area contributed by atoms with Crippen LogP contribution in [0.2, 0.25) is 0 Å². The van der Waals surface area contributed by atoms with Gasteiger partial charge in [0.15, 0.2) is 5.75 Å². The third kappa shape index (κ3) is 8.32. The quantitative estimate of drug-likeness (QED) is 0.109. The number of carbonyl (C=O) groups is 2. The Morgan fingerprint density at radius 1 is 1.11 bits per heavy atom.